The van der Waals surface area contributed by atoms with Crippen molar-refractivity contribution >= 4 is 16.6 Å². The van der Waals surface area contributed by atoms with Gasteiger partial charge < -0.3 is 4.74 Å². The Morgan fingerprint density at radius 3 is 2.42 bits per heavy atom. The zero-order chi connectivity index (χ0) is 16.9. The molecule has 0 radical (unpaired) electrons. The van der Waals surface area contributed by atoms with E-state index in [1.54, 1.807) is 0 Å². The van der Waals surface area contributed by atoms with Crippen LogP contribution in [0.4, 0.5) is 0 Å². The molecule has 3 rings (SSSR count). The van der Waals surface area contributed by atoms with E-state index < -0.39 is 0 Å². The van der Waals surface area contributed by atoms with E-state index in [1.165, 1.54) is 5.39 Å². The number of ketones is 1. The molecule has 0 saturated carbocycles. The molecule has 0 aromatic heterocycles. The molecule has 0 aliphatic carbocycles. The Morgan fingerprint density at radius 2 is 1.67 bits per heavy atom. The molecular formula is C22H22O2. The molecule has 1 unspecified atom stereocenters. The van der Waals surface area contributed by atoms with Crippen LogP contribution >= 0.6 is 0 Å². The lowest BCUT2D eigenvalue weighted by Crippen LogP contribution is -2.10. The maximum absolute atomic E-state index is 12.6. The Labute approximate surface area is 143 Å². The van der Waals surface area contributed by atoms with Crippen molar-refractivity contribution in [2.75, 3.05) is 6.61 Å². The number of rotatable bonds is 6. The fourth-order valence-corrected chi connectivity index (χ4v) is 3.21. The molecule has 122 valence electrons. The molecule has 0 aliphatic rings. The van der Waals surface area contributed by atoms with Crippen LogP contribution in [0.5, 0.6) is 0 Å². The Kier molecular flexibility index (Phi) is 5.07. The molecule has 24 heavy (non-hydrogen) atoms. The third-order valence-electron chi connectivity index (χ3n) is 4.33. The molecule has 0 saturated heterocycles. The van der Waals surface area contributed by atoms with Crippen molar-refractivity contribution in [2.24, 2.45) is 0 Å². The number of ether oxygens (including phenoxy) is 1. The molecule has 3 aromatic carbocycles. The lowest BCUT2D eigenvalue weighted by atomic mass is 9.91. The van der Waals surface area contributed by atoms with Crippen molar-refractivity contribution in [3.05, 3.63) is 83.4 Å². The lowest BCUT2D eigenvalue weighted by molar-refractivity contribution is 0.0766. The Bertz CT molecular complexity index is 837. The first kappa shape index (κ1) is 16.4. The van der Waals surface area contributed by atoms with Gasteiger partial charge >= 0.3 is 0 Å². The molecule has 0 amide bonds. The number of Topliss-reactive ketones (excluding diaryl/α,β-unsaturated/α-hetero) is 1. The van der Waals surface area contributed by atoms with Crippen LogP contribution in [0.3, 0.4) is 0 Å². The smallest absolute Gasteiger partial charge is 0.167 e. The van der Waals surface area contributed by atoms with Gasteiger partial charge in [-0.1, -0.05) is 66.7 Å². The van der Waals surface area contributed by atoms with Gasteiger partial charge in [-0.05, 0) is 35.7 Å². The Morgan fingerprint density at radius 1 is 0.958 bits per heavy atom. The summed E-state index contributed by atoms with van der Waals surface area (Å²) in [7, 11) is 0. The summed E-state index contributed by atoms with van der Waals surface area (Å²) in [6.07, 6.45) is 0.349. The summed E-state index contributed by atoms with van der Waals surface area (Å²) >= 11 is 0. The highest BCUT2D eigenvalue weighted by atomic mass is 16.5. The minimum absolute atomic E-state index is 0.0420. The van der Waals surface area contributed by atoms with Gasteiger partial charge in [0.1, 0.15) is 0 Å². The second-order valence-corrected chi connectivity index (χ2v) is 5.92. The molecular weight excluding hydrogens is 296 g/mol. The minimum Gasteiger partial charge on any atom is -0.374 e. The van der Waals surface area contributed by atoms with E-state index in [2.05, 4.69) is 31.2 Å². The monoisotopic (exact) mass is 318 g/mol. The third-order valence-corrected chi connectivity index (χ3v) is 4.33. The fraction of sp³-hybridized carbons (Fsp3) is 0.227. The minimum atomic E-state index is -0.0420. The van der Waals surface area contributed by atoms with Crippen LogP contribution in [-0.2, 0) is 11.2 Å². The fourth-order valence-electron chi connectivity index (χ4n) is 3.21. The Hall–Kier alpha value is -2.45. The van der Waals surface area contributed by atoms with Gasteiger partial charge in [0.05, 0.1) is 6.10 Å². The van der Waals surface area contributed by atoms with Gasteiger partial charge in [0.2, 0.25) is 0 Å². The second kappa shape index (κ2) is 7.41. The van der Waals surface area contributed by atoms with Crippen molar-refractivity contribution in [2.45, 2.75) is 26.4 Å². The number of benzene rings is 3. The largest absolute Gasteiger partial charge is 0.374 e. The average Bonchev–Trinajstić information content (AvgIpc) is 2.62. The topological polar surface area (TPSA) is 26.3 Å². The maximum Gasteiger partial charge on any atom is 0.167 e. The summed E-state index contributed by atoms with van der Waals surface area (Å²) in [5.41, 5.74) is 2.92. The number of hydrogen-bond donors (Lipinski definition) is 0. The van der Waals surface area contributed by atoms with E-state index in [1.807, 2.05) is 49.4 Å². The normalized spacial score (nSPS) is 12.2. The SMILES string of the molecule is CCOC(C)c1c(CC(=O)c2ccccc2)ccc2ccccc12. The van der Waals surface area contributed by atoms with E-state index >= 15 is 0 Å². The molecule has 0 bridgehead atoms. The average molecular weight is 318 g/mol. The van der Waals surface area contributed by atoms with E-state index in [0.717, 1.165) is 22.1 Å². The standard InChI is InChI=1S/C22H22O2/c1-3-24-16(2)22-19(14-13-17-9-7-8-12-20(17)22)15-21(23)18-10-5-4-6-11-18/h4-14,16H,3,15H2,1-2H3. The summed E-state index contributed by atoms with van der Waals surface area (Å²) < 4.78 is 5.85. The van der Waals surface area contributed by atoms with Crippen molar-refractivity contribution in [3.8, 4) is 0 Å². The maximum atomic E-state index is 12.6. The first-order valence-corrected chi connectivity index (χ1v) is 8.41. The molecule has 2 nitrogen and oxygen atoms in total. The van der Waals surface area contributed by atoms with Gasteiger partial charge in [-0.3, -0.25) is 4.79 Å². The summed E-state index contributed by atoms with van der Waals surface area (Å²) in [4.78, 5) is 12.6. The van der Waals surface area contributed by atoms with E-state index in [-0.39, 0.29) is 11.9 Å². The Balaban J connectivity index is 2.03. The van der Waals surface area contributed by atoms with E-state index in [9.17, 15) is 4.79 Å². The number of carbonyl (C=O) groups excluding carboxylic acids is 1. The summed E-state index contributed by atoms with van der Waals surface area (Å²) in [5.74, 6) is 0.135. The molecule has 0 fully saturated rings. The molecule has 0 heterocycles. The lowest BCUT2D eigenvalue weighted by Gasteiger charge is -2.19. The van der Waals surface area contributed by atoms with Gasteiger partial charge in [0, 0.05) is 18.6 Å². The van der Waals surface area contributed by atoms with Crippen LogP contribution in [0.15, 0.2) is 66.7 Å². The molecule has 1 atom stereocenters. The van der Waals surface area contributed by atoms with Gasteiger partial charge in [-0.25, -0.2) is 0 Å². The van der Waals surface area contributed by atoms with Crippen molar-refractivity contribution in [3.63, 3.8) is 0 Å². The van der Waals surface area contributed by atoms with Crippen LogP contribution in [-0.4, -0.2) is 12.4 Å². The molecule has 0 N–H and O–H groups in total. The highest BCUT2D eigenvalue weighted by Crippen LogP contribution is 2.31. The van der Waals surface area contributed by atoms with Gasteiger partial charge in [-0.15, -0.1) is 0 Å². The first-order chi connectivity index (χ1) is 11.7. The zero-order valence-electron chi connectivity index (χ0n) is 14.2. The summed E-state index contributed by atoms with van der Waals surface area (Å²) in [6.45, 7) is 4.70. The quantitative estimate of drug-likeness (QED) is 0.572. The van der Waals surface area contributed by atoms with Crippen LogP contribution in [0.2, 0.25) is 0 Å². The van der Waals surface area contributed by atoms with Crippen LogP contribution < -0.4 is 0 Å². The van der Waals surface area contributed by atoms with Crippen LogP contribution in [0.1, 0.15) is 41.4 Å². The molecule has 0 spiro atoms. The number of carbonyl (C=O) groups is 1. The highest BCUT2D eigenvalue weighted by molar-refractivity contribution is 5.98. The van der Waals surface area contributed by atoms with E-state index in [0.29, 0.717) is 13.0 Å². The first-order valence-electron chi connectivity index (χ1n) is 8.41. The predicted octanol–water partition coefficient (Wildman–Crippen LogP) is 5.36. The van der Waals surface area contributed by atoms with Gasteiger partial charge in [-0.2, -0.15) is 0 Å². The van der Waals surface area contributed by atoms with Gasteiger partial charge in [0.25, 0.3) is 0 Å². The second-order valence-electron chi connectivity index (χ2n) is 5.92. The van der Waals surface area contributed by atoms with Crippen LogP contribution in [0.25, 0.3) is 10.8 Å². The number of hydrogen-bond acceptors (Lipinski definition) is 2. The highest BCUT2D eigenvalue weighted by Gasteiger charge is 2.17. The van der Waals surface area contributed by atoms with Crippen LogP contribution in [0, 0.1) is 0 Å². The predicted molar refractivity (Wildman–Crippen MR) is 98.5 cm³/mol. The molecule has 3 aromatic rings. The third kappa shape index (κ3) is 3.39. The zero-order valence-corrected chi connectivity index (χ0v) is 14.2. The summed E-state index contributed by atoms with van der Waals surface area (Å²) in [5, 5.41) is 2.34. The van der Waals surface area contributed by atoms with Crippen molar-refractivity contribution in [1.29, 1.82) is 0 Å². The van der Waals surface area contributed by atoms with E-state index in [4.69, 9.17) is 4.74 Å². The number of fused-ring (bicyclic) bond motifs is 1. The molecule has 0 aliphatic heterocycles. The van der Waals surface area contributed by atoms with Gasteiger partial charge in [0.15, 0.2) is 5.78 Å². The molecule has 2 heteroatoms. The van der Waals surface area contributed by atoms with Crippen molar-refractivity contribution < 1.29 is 9.53 Å². The summed E-state index contributed by atoms with van der Waals surface area (Å²) in [6, 6.07) is 21.9. The van der Waals surface area contributed by atoms with Crippen molar-refractivity contribution in [1.82, 2.24) is 0 Å².